The molecule has 2 aliphatic carbocycles. The van der Waals surface area contributed by atoms with Crippen LogP contribution in [0.1, 0.15) is 31.3 Å². The van der Waals surface area contributed by atoms with E-state index >= 15 is 0 Å². The van der Waals surface area contributed by atoms with E-state index in [1.54, 1.807) is 0 Å². The fourth-order valence-corrected chi connectivity index (χ4v) is 3.49. The molecule has 1 amide bonds. The Morgan fingerprint density at radius 2 is 1.71 bits per heavy atom. The first-order chi connectivity index (χ1) is 14.0. The Hall–Kier alpha value is -2.86. The molecule has 6 heteroatoms. The van der Waals surface area contributed by atoms with Crippen LogP contribution in [0.4, 0.5) is 4.79 Å². The molecule has 1 atom stereocenters. The summed E-state index contributed by atoms with van der Waals surface area (Å²) >= 11 is 0. The number of benzene rings is 2. The van der Waals surface area contributed by atoms with Crippen molar-refractivity contribution in [1.29, 1.82) is 0 Å². The van der Waals surface area contributed by atoms with Crippen molar-refractivity contribution in [2.45, 2.75) is 30.9 Å². The van der Waals surface area contributed by atoms with Gasteiger partial charge in [0.2, 0.25) is 0 Å². The van der Waals surface area contributed by atoms with E-state index in [1.807, 2.05) is 36.4 Å². The maximum absolute atomic E-state index is 12.4. The van der Waals surface area contributed by atoms with E-state index in [2.05, 4.69) is 17.4 Å². The number of rotatable bonds is 7. The zero-order valence-corrected chi connectivity index (χ0v) is 15.6. The van der Waals surface area contributed by atoms with Crippen molar-refractivity contribution in [3.63, 3.8) is 0 Å². The lowest BCUT2D eigenvalue weighted by Gasteiger charge is -2.18. The van der Waals surface area contributed by atoms with E-state index in [9.17, 15) is 9.59 Å². The molecular formula is C22H23NO5. The summed E-state index contributed by atoms with van der Waals surface area (Å²) < 4.78 is 23.4. The number of hydrogen-bond acceptors (Lipinski definition) is 5. The molecule has 28 heavy (non-hydrogen) atoms. The number of methoxy groups -OCH3 is 1. The molecule has 2 aromatic carbocycles. The third-order valence-corrected chi connectivity index (χ3v) is 5.03. The number of fused-ring (bicyclic) bond motifs is 3. The summed E-state index contributed by atoms with van der Waals surface area (Å²) in [6.07, 6.45) is -0.437. The van der Waals surface area contributed by atoms with Gasteiger partial charge in [-0.05, 0) is 35.1 Å². The van der Waals surface area contributed by atoms with Crippen molar-refractivity contribution in [3.05, 3.63) is 59.7 Å². The molecule has 0 aliphatic heterocycles. The second kappa shape index (κ2) is 8.02. The molecular weight excluding hydrogens is 358 g/mol. The highest BCUT2D eigenvalue weighted by molar-refractivity contribution is 5.82. The van der Waals surface area contributed by atoms with Gasteiger partial charge in [-0.1, -0.05) is 48.5 Å². The van der Waals surface area contributed by atoms with E-state index in [-0.39, 0.29) is 19.1 Å². The molecule has 4 rings (SSSR count). The highest BCUT2D eigenvalue weighted by Gasteiger charge is 2.31. The van der Waals surface area contributed by atoms with Crippen LogP contribution in [0, 0.1) is 0 Å². The van der Waals surface area contributed by atoms with Crippen LogP contribution in [0.25, 0.3) is 11.1 Å². The number of nitrogens with one attached hydrogen (secondary N) is 1. The minimum absolute atomic E-state index is 0.0658. The van der Waals surface area contributed by atoms with Gasteiger partial charge in [0.15, 0.2) is 6.04 Å². The first-order valence-electron chi connectivity index (χ1n) is 9.84. The SMILES string of the molecule is [2H]C1(OC[C@H](NC(=O)OCC2c3ccccc3-c3ccccc32)C(=O)OC)CC1. The van der Waals surface area contributed by atoms with Crippen LogP contribution < -0.4 is 5.32 Å². The van der Waals surface area contributed by atoms with Crippen molar-refractivity contribution in [1.82, 2.24) is 5.32 Å². The first-order valence-corrected chi connectivity index (χ1v) is 9.34. The predicted octanol–water partition coefficient (Wildman–Crippen LogP) is 3.25. The van der Waals surface area contributed by atoms with Crippen LogP contribution >= 0.6 is 0 Å². The normalized spacial score (nSPS) is 17.7. The van der Waals surface area contributed by atoms with Gasteiger partial charge in [-0.2, -0.15) is 0 Å². The molecule has 1 N–H and O–H groups in total. The van der Waals surface area contributed by atoms with Crippen molar-refractivity contribution in [3.8, 4) is 11.1 Å². The fourth-order valence-electron chi connectivity index (χ4n) is 3.49. The molecule has 0 heterocycles. The summed E-state index contributed by atoms with van der Waals surface area (Å²) in [5.74, 6) is -0.702. The monoisotopic (exact) mass is 382 g/mol. The quantitative estimate of drug-likeness (QED) is 0.744. The van der Waals surface area contributed by atoms with Gasteiger partial charge in [0.25, 0.3) is 0 Å². The smallest absolute Gasteiger partial charge is 0.407 e. The molecule has 1 saturated carbocycles. The standard InChI is InChI=1S/C22H23NO5/c1-26-21(24)20(13-27-14-10-11-14)23-22(25)28-12-19-17-8-4-2-6-15(17)16-7-3-5-9-18(16)19/h2-9,14,19-20H,10-13H2,1H3,(H,23,25)/t20-/m0/s1/i14D. The molecule has 0 radical (unpaired) electrons. The summed E-state index contributed by atoms with van der Waals surface area (Å²) in [5.41, 5.74) is 4.50. The Kier molecular flexibility index (Phi) is 4.94. The number of ether oxygens (including phenoxy) is 3. The molecule has 0 spiro atoms. The van der Waals surface area contributed by atoms with Gasteiger partial charge in [-0.25, -0.2) is 9.59 Å². The van der Waals surface area contributed by atoms with Crippen LogP contribution in [0.5, 0.6) is 0 Å². The Balaban J connectivity index is 1.40. The molecule has 1 fully saturated rings. The molecule has 0 unspecified atom stereocenters. The van der Waals surface area contributed by atoms with E-state index < -0.39 is 24.2 Å². The topological polar surface area (TPSA) is 73.9 Å². The Morgan fingerprint density at radius 3 is 2.29 bits per heavy atom. The number of esters is 1. The molecule has 6 nitrogen and oxygen atoms in total. The van der Waals surface area contributed by atoms with Crippen molar-refractivity contribution >= 4 is 12.1 Å². The second-order valence-electron chi connectivity index (χ2n) is 6.90. The lowest BCUT2D eigenvalue weighted by Crippen LogP contribution is -2.45. The molecule has 0 bridgehead atoms. The van der Waals surface area contributed by atoms with Crippen LogP contribution in [0.15, 0.2) is 48.5 Å². The van der Waals surface area contributed by atoms with Crippen LogP contribution in [0.3, 0.4) is 0 Å². The Labute approximate surface area is 165 Å². The van der Waals surface area contributed by atoms with Crippen LogP contribution in [0.2, 0.25) is 0 Å². The minimum atomic E-state index is -1.02. The lowest BCUT2D eigenvalue weighted by molar-refractivity contribution is -0.144. The Bertz CT molecular complexity index is 881. The maximum Gasteiger partial charge on any atom is 0.407 e. The number of carbonyl (C=O) groups is 2. The summed E-state index contributed by atoms with van der Waals surface area (Å²) in [6, 6.07) is 15.1. The number of alkyl carbamates (subject to hydrolysis) is 1. The van der Waals surface area contributed by atoms with Gasteiger partial charge in [0.1, 0.15) is 6.61 Å². The van der Waals surface area contributed by atoms with Gasteiger partial charge in [0.05, 0.1) is 21.2 Å². The molecule has 0 saturated heterocycles. The number of hydrogen-bond donors (Lipinski definition) is 1. The third-order valence-electron chi connectivity index (χ3n) is 5.03. The van der Waals surface area contributed by atoms with Crippen molar-refractivity contribution < 1.29 is 25.2 Å². The highest BCUT2D eigenvalue weighted by atomic mass is 16.6. The fraction of sp³-hybridized carbons (Fsp3) is 0.364. The largest absolute Gasteiger partial charge is 0.467 e. The summed E-state index contributed by atoms with van der Waals surface area (Å²) in [4.78, 5) is 24.3. The predicted molar refractivity (Wildman–Crippen MR) is 103 cm³/mol. The minimum Gasteiger partial charge on any atom is -0.467 e. The van der Waals surface area contributed by atoms with Crippen molar-refractivity contribution in [2.24, 2.45) is 0 Å². The average molecular weight is 382 g/mol. The highest BCUT2D eigenvalue weighted by Crippen LogP contribution is 2.44. The molecule has 2 aromatic rings. The van der Waals surface area contributed by atoms with Gasteiger partial charge in [-0.15, -0.1) is 0 Å². The lowest BCUT2D eigenvalue weighted by atomic mass is 9.98. The first kappa shape index (κ1) is 17.3. The van der Waals surface area contributed by atoms with Crippen LogP contribution in [-0.2, 0) is 19.0 Å². The van der Waals surface area contributed by atoms with Gasteiger partial charge in [0, 0.05) is 5.92 Å². The Morgan fingerprint density at radius 1 is 1.11 bits per heavy atom. The van der Waals surface area contributed by atoms with E-state index in [4.69, 9.17) is 15.6 Å². The van der Waals surface area contributed by atoms with Crippen LogP contribution in [-0.4, -0.2) is 44.5 Å². The van der Waals surface area contributed by atoms with E-state index in [1.165, 1.54) is 7.11 Å². The number of amides is 1. The van der Waals surface area contributed by atoms with Gasteiger partial charge < -0.3 is 19.5 Å². The van der Waals surface area contributed by atoms with E-state index in [0.717, 1.165) is 22.3 Å². The molecule has 2 aliphatic rings. The van der Waals surface area contributed by atoms with Gasteiger partial charge in [-0.3, -0.25) is 0 Å². The van der Waals surface area contributed by atoms with E-state index in [0.29, 0.717) is 12.8 Å². The summed E-state index contributed by atoms with van der Waals surface area (Å²) in [7, 11) is 1.24. The third kappa shape index (κ3) is 3.87. The van der Waals surface area contributed by atoms with Crippen molar-refractivity contribution in [2.75, 3.05) is 20.3 Å². The summed E-state index contributed by atoms with van der Waals surface area (Å²) in [6.45, 7) is 0.0252. The maximum atomic E-state index is 12.4. The number of carbonyl (C=O) groups excluding carboxylic acids is 2. The molecule has 146 valence electrons. The average Bonchev–Trinajstić information content (AvgIpc) is 3.39. The van der Waals surface area contributed by atoms with Gasteiger partial charge >= 0.3 is 12.1 Å². The zero-order chi connectivity index (χ0) is 20.4. The second-order valence-corrected chi connectivity index (χ2v) is 6.90. The summed E-state index contributed by atoms with van der Waals surface area (Å²) in [5, 5.41) is 2.50. The molecule has 0 aromatic heterocycles. The zero-order valence-electron chi connectivity index (χ0n) is 16.6.